The Morgan fingerprint density at radius 2 is 2.23 bits per heavy atom. The number of hydrogen-bond donors (Lipinski definition) is 2. The van der Waals surface area contributed by atoms with Crippen molar-refractivity contribution in [1.82, 2.24) is 10.6 Å². The lowest BCUT2D eigenvalue weighted by Gasteiger charge is -2.23. The summed E-state index contributed by atoms with van der Waals surface area (Å²) in [7, 11) is 0. The SMILES string of the molecule is CC(C)=CC(=O)NC1(C)CCNC1. The number of carbonyl (C=O) groups is 1. The monoisotopic (exact) mass is 182 g/mol. The Morgan fingerprint density at radius 3 is 2.69 bits per heavy atom. The largest absolute Gasteiger partial charge is 0.346 e. The summed E-state index contributed by atoms with van der Waals surface area (Å²) in [6, 6.07) is 0. The van der Waals surface area contributed by atoms with Crippen LogP contribution in [0.15, 0.2) is 11.6 Å². The van der Waals surface area contributed by atoms with E-state index in [1.807, 2.05) is 13.8 Å². The molecule has 0 aliphatic carbocycles. The number of hydrogen-bond acceptors (Lipinski definition) is 2. The summed E-state index contributed by atoms with van der Waals surface area (Å²) in [5, 5.41) is 6.24. The zero-order valence-electron chi connectivity index (χ0n) is 8.61. The van der Waals surface area contributed by atoms with E-state index in [1.54, 1.807) is 6.08 Å². The Kier molecular flexibility index (Phi) is 3.09. The lowest BCUT2D eigenvalue weighted by Crippen LogP contribution is -2.46. The van der Waals surface area contributed by atoms with Crippen molar-refractivity contribution in [2.24, 2.45) is 0 Å². The first-order chi connectivity index (χ1) is 6.02. The number of allylic oxidation sites excluding steroid dienone is 1. The second-order valence-corrected chi connectivity index (χ2v) is 4.20. The topological polar surface area (TPSA) is 41.1 Å². The van der Waals surface area contributed by atoms with Crippen molar-refractivity contribution in [3.63, 3.8) is 0 Å². The maximum atomic E-state index is 11.4. The highest BCUT2D eigenvalue weighted by atomic mass is 16.1. The summed E-state index contributed by atoms with van der Waals surface area (Å²) in [6.07, 6.45) is 2.65. The van der Waals surface area contributed by atoms with Gasteiger partial charge in [0.25, 0.3) is 0 Å². The Bertz CT molecular complexity index is 223. The van der Waals surface area contributed by atoms with Gasteiger partial charge in [-0.25, -0.2) is 0 Å². The van der Waals surface area contributed by atoms with Crippen LogP contribution in [0.2, 0.25) is 0 Å². The van der Waals surface area contributed by atoms with E-state index < -0.39 is 0 Å². The van der Waals surface area contributed by atoms with Crippen LogP contribution in [-0.4, -0.2) is 24.5 Å². The van der Waals surface area contributed by atoms with Gasteiger partial charge in [0.2, 0.25) is 5.91 Å². The van der Waals surface area contributed by atoms with Crippen LogP contribution in [-0.2, 0) is 4.79 Å². The van der Waals surface area contributed by atoms with E-state index in [9.17, 15) is 4.79 Å². The Labute approximate surface area is 79.6 Å². The van der Waals surface area contributed by atoms with Crippen molar-refractivity contribution in [3.8, 4) is 0 Å². The first-order valence-electron chi connectivity index (χ1n) is 4.70. The third-order valence-corrected chi connectivity index (χ3v) is 2.21. The van der Waals surface area contributed by atoms with Gasteiger partial charge in [-0.2, -0.15) is 0 Å². The molecule has 1 saturated heterocycles. The van der Waals surface area contributed by atoms with E-state index in [0.717, 1.165) is 25.1 Å². The van der Waals surface area contributed by atoms with E-state index in [2.05, 4.69) is 17.6 Å². The van der Waals surface area contributed by atoms with Crippen LogP contribution >= 0.6 is 0 Å². The van der Waals surface area contributed by atoms with E-state index >= 15 is 0 Å². The molecule has 1 heterocycles. The average molecular weight is 182 g/mol. The van der Waals surface area contributed by atoms with Gasteiger partial charge in [-0.1, -0.05) is 5.57 Å². The number of carbonyl (C=O) groups excluding carboxylic acids is 1. The fourth-order valence-electron chi connectivity index (χ4n) is 1.52. The molecule has 2 N–H and O–H groups in total. The van der Waals surface area contributed by atoms with Gasteiger partial charge < -0.3 is 10.6 Å². The quantitative estimate of drug-likeness (QED) is 0.621. The van der Waals surface area contributed by atoms with Crippen LogP contribution in [0, 0.1) is 0 Å². The molecular weight excluding hydrogens is 164 g/mol. The molecule has 0 bridgehead atoms. The predicted molar refractivity (Wildman–Crippen MR) is 53.5 cm³/mol. The molecule has 13 heavy (non-hydrogen) atoms. The minimum Gasteiger partial charge on any atom is -0.346 e. The molecule has 0 spiro atoms. The standard InChI is InChI=1S/C10H18N2O/c1-8(2)6-9(13)12-10(3)4-5-11-7-10/h6,11H,4-5,7H2,1-3H3,(H,12,13). The summed E-state index contributed by atoms with van der Waals surface area (Å²) in [5.41, 5.74) is 0.982. The molecule has 0 radical (unpaired) electrons. The summed E-state index contributed by atoms with van der Waals surface area (Å²) < 4.78 is 0. The second kappa shape index (κ2) is 3.92. The number of nitrogens with one attached hydrogen (secondary N) is 2. The van der Waals surface area contributed by atoms with E-state index in [-0.39, 0.29) is 11.4 Å². The molecule has 74 valence electrons. The van der Waals surface area contributed by atoms with Crippen LogP contribution in [0.25, 0.3) is 0 Å². The molecule has 0 aromatic carbocycles. The molecule has 3 nitrogen and oxygen atoms in total. The van der Waals surface area contributed by atoms with Gasteiger partial charge >= 0.3 is 0 Å². The van der Waals surface area contributed by atoms with Crippen molar-refractivity contribution in [2.75, 3.05) is 13.1 Å². The fraction of sp³-hybridized carbons (Fsp3) is 0.700. The molecule has 1 fully saturated rings. The third-order valence-electron chi connectivity index (χ3n) is 2.21. The smallest absolute Gasteiger partial charge is 0.244 e. The lowest BCUT2D eigenvalue weighted by molar-refractivity contribution is -0.118. The summed E-state index contributed by atoms with van der Waals surface area (Å²) in [6.45, 7) is 7.79. The molecule has 3 heteroatoms. The summed E-state index contributed by atoms with van der Waals surface area (Å²) in [4.78, 5) is 11.4. The zero-order chi connectivity index (χ0) is 9.90. The van der Waals surface area contributed by atoms with Crippen molar-refractivity contribution in [3.05, 3.63) is 11.6 Å². The Balaban J connectivity index is 2.48. The second-order valence-electron chi connectivity index (χ2n) is 4.20. The van der Waals surface area contributed by atoms with Gasteiger partial charge in [-0.3, -0.25) is 4.79 Å². The van der Waals surface area contributed by atoms with Gasteiger partial charge in [-0.05, 0) is 33.7 Å². The molecule has 1 aliphatic heterocycles. The van der Waals surface area contributed by atoms with Gasteiger partial charge in [0.05, 0.1) is 5.54 Å². The summed E-state index contributed by atoms with van der Waals surface area (Å²) >= 11 is 0. The van der Waals surface area contributed by atoms with Gasteiger partial charge in [0.15, 0.2) is 0 Å². The normalized spacial score (nSPS) is 27.0. The van der Waals surface area contributed by atoms with Crippen molar-refractivity contribution in [1.29, 1.82) is 0 Å². The van der Waals surface area contributed by atoms with Crippen LogP contribution in [0.5, 0.6) is 0 Å². The van der Waals surface area contributed by atoms with E-state index in [1.165, 1.54) is 0 Å². The zero-order valence-corrected chi connectivity index (χ0v) is 8.61. The molecule has 0 aromatic rings. The maximum Gasteiger partial charge on any atom is 0.244 e. The fourth-order valence-corrected chi connectivity index (χ4v) is 1.52. The highest BCUT2D eigenvalue weighted by Crippen LogP contribution is 2.12. The molecule has 1 unspecified atom stereocenters. The van der Waals surface area contributed by atoms with Crippen molar-refractivity contribution in [2.45, 2.75) is 32.7 Å². The third kappa shape index (κ3) is 3.19. The van der Waals surface area contributed by atoms with Crippen LogP contribution in [0.1, 0.15) is 27.2 Å². The Hall–Kier alpha value is -0.830. The van der Waals surface area contributed by atoms with Crippen molar-refractivity contribution >= 4 is 5.91 Å². The van der Waals surface area contributed by atoms with Crippen LogP contribution < -0.4 is 10.6 Å². The average Bonchev–Trinajstić information content (AvgIpc) is 2.33. The van der Waals surface area contributed by atoms with Crippen LogP contribution in [0.3, 0.4) is 0 Å². The number of amides is 1. The highest BCUT2D eigenvalue weighted by molar-refractivity contribution is 5.88. The molecular formula is C10H18N2O. The van der Waals surface area contributed by atoms with Crippen LogP contribution in [0.4, 0.5) is 0 Å². The van der Waals surface area contributed by atoms with Gasteiger partial charge in [0.1, 0.15) is 0 Å². The minimum absolute atomic E-state index is 0.0196. The van der Waals surface area contributed by atoms with Gasteiger partial charge in [-0.15, -0.1) is 0 Å². The Morgan fingerprint density at radius 1 is 1.54 bits per heavy atom. The molecule has 0 aromatic heterocycles. The first-order valence-corrected chi connectivity index (χ1v) is 4.70. The lowest BCUT2D eigenvalue weighted by atomic mass is 10.0. The van der Waals surface area contributed by atoms with E-state index in [0.29, 0.717) is 0 Å². The molecule has 1 amide bonds. The number of rotatable bonds is 2. The highest BCUT2D eigenvalue weighted by Gasteiger charge is 2.29. The first kappa shape index (κ1) is 10.3. The molecule has 1 atom stereocenters. The molecule has 1 aliphatic rings. The van der Waals surface area contributed by atoms with E-state index in [4.69, 9.17) is 0 Å². The molecule has 0 saturated carbocycles. The molecule has 1 rings (SSSR count). The van der Waals surface area contributed by atoms with Gasteiger partial charge in [0, 0.05) is 12.6 Å². The minimum atomic E-state index is -0.0525. The summed E-state index contributed by atoms with van der Waals surface area (Å²) in [5.74, 6) is 0.0196. The predicted octanol–water partition coefficient (Wildman–Crippen LogP) is 0.821. The maximum absolute atomic E-state index is 11.4. The van der Waals surface area contributed by atoms with Crippen molar-refractivity contribution < 1.29 is 4.79 Å².